The maximum atomic E-state index is 13.5. The van der Waals surface area contributed by atoms with Crippen molar-refractivity contribution in [2.24, 2.45) is 0 Å². The van der Waals surface area contributed by atoms with Crippen molar-refractivity contribution in [3.8, 4) is 17.2 Å². The minimum atomic E-state index is -1.18. The monoisotopic (exact) mass is 617 g/mol. The predicted octanol–water partition coefficient (Wildman–Crippen LogP) is 7.65. The van der Waals surface area contributed by atoms with E-state index >= 15 is 0 Å². The van der Waals surface area contributed by atoms with Crippen LogP contribution in [0.5, 0.6) is 17.2 Å². The zero-order valence-electron chi connectivity index (χ0n) is 24.7. The number of hydrogen-bond acceptors (Lipinski definition) is 8. The Bertz CT molecular complexity index is 2050. The third kappa shape index (κ3) is 4.85. The maximum Gasteiger partial charge on any atom is 0.308 e. The van der Waals surface area contributed by atoms with Gasteiger partial charge in [-0.15, -0.1) is 0 Å². The van der Waals surface area contributed by atoms with Gasteiger partial charge in [-0.2, -0.15) is 0 Å². The van der Waals surface area contributed by atoms with Gasteiger partial charge >= 0.3 is 5.97 Å². The van der Waals surface area contributed by atoms with E-state index in [4.69, 9.17) is 18.6 Å². The number of amides is 1. The van der Waals surface area contributed by atoms with Crippen LogP contribution >= 0.6 is 11.8 Å². The Morgan fingerprint density at radius 2 is 1.67 bits per heavy atom. The summed E-state index contributed by atoms with van der Waals surface area (Å²) in [6.07, 6.45) is 3.83. The van der Waals surface area contributed by atoms with Crippen LogP contribution in [0.1, 0.15) is 46.7 Å². The highest BCUT2D eigenvalue weighted by atomic mass is 32.2. The van der Waals surface area contributed by atoms with Gasteiger partial charge in [0.15, 0.2) is 17.3 Å². The summed E-state index contributed by atoms with van der Waals surface area (Å²) in [4.78, 5) is 40.9. The van der Waals surface area contributed by atoms with E-state index in [1.165, 1.54) is 25.6 Å². The van der Waals surface area contributed by atoms with Crippen LogP contribution < -0.4 is 19.1 Å². The zero-order valence-corrected chi connectivity index (χ0v) is 25.5. The topological polar surface area (TPSA) is 95.3 Å². The molecule has 0 bridgehead atoms. The molecule has 1 amide bonds. The van der Waals surface area contributed by atoms with Gasteiger partial charge in [-0.25, -0.2) is 0 Å². The number of para-hydroxylation sites is 1. The molecule has 0 aliphatic carbocycles. The molecule has 0 fully saturated rings. The van der Waals surface area contributed by atoms with Crippen LogP contribution in [0, 0.1) is 6.92 Å². The summed E-state index contributed by atoms with van der Waals surface area (Å²) in [5.74, 6) is 0.690. The van der Waals surface area contributed by atoms with Gasteiger partial charge < -0.3 is 18.6 Å². The van der Waals surface area contributed by atoms with Gasteiger partial charge in [-0.3, -0.25) is 19.3 Å². The second-order valence-corrected chi connectivity index (χ2v) is 12.0. The van der Waals surface area contributed by atoms with Crippen LogP contribution in [0.2, 0.25) is 0 Å². The summed E-state index contributed by atoms with van der Waals surface area (Å²) in [5.41, 5.74) is 3.61. The number of ether oxygens (including phenoxy) is 3. The lowest BCUT2D eigenvalue weighted by Crippen LogP contribution is -2.43. The molecule has 5 aromatic rings. The van der Waals surface area contributed by atoms with E-state index in [2.05, 4.69) is 0 Å². The standard InChI is InChI=1S/C36H27NO7S/c1-21-26-18-27(31(43-23(3)39)19-30(26)44-35(21)34(40)25-9-5-4-6-10-25)36(16-15-24-13-14-29-32(17-24)42-20-41-29)37(22(2)38)28-11-7-8-12-33(28)45-36/h4-19H,20H2,1-3H3/b16-15+. The first kappa shape index (κ1) is 28.5. The Hall–Kier alpha value is -5.28. The molecule has 8 nitrogen and oxygen atoms in total. The second kappa shape index (κ2) is 11.0. The highest BCUT2D eigenvalue weighted by Crippen LogP contribution is 2.59. The lowest BCUT2D eigenvalue weighted by Gasteiger charge is -2.36. The smallest absolute Gasteiger partial charge is 0.308 e. The Labute approximate surface area is 263 Å². The van der Waals surface area contributed by atoms with Crippen LogP contribution in [0.4, 0.5) is 5.69 Å². The lowest BCUT2D eigenvalue weighted by molar-refractivity contribution is -0.131. The highest BCUT2D eigenvalue weighted by Gasteiger charge is 2.49. The number of benzene rings is 4. The number of anilines is 1. The molecular formula is C36H27NO7S. The number of fused-ring (bicyclic) bond motifs is 3. The number of ketones is 1. The zero-order chi connectivity index (χ0) is 31.3. The molecule has 4 aromatic carbocycles. The molecule has 1 unspecified atom stereocenters. The van der Waals surface area contributed by atoms with Crippen molar-refractivity contribution in [2.45, 2.75) is 30.5 Å². The molecule has 224 valence electrons. The minimum Gasteiger partial charge on any atom is -0.454 e. The number of carbonyl (C=O) groups is 3. The molecule has 1 aromatic heterocycles. The van der Waals surface area contributed by atoms with E-state index in [0.717, 1.165) is 16.1 Å². The van der Waals surface area contributed by atoms with Gasteiger partial charge in [0, 0.05) is 46.9 Å². The molecule has 2 aliphatic heterocycles. The summed E-state index contributed by atoms with van der Waals surface area (Å²) < 4.78 is 23.0. The average molecular weight is 618 g/mol. The van der Waals surface area contributed by atoms with E-state index in [9.17, 15) is 14.4 Å². The van der Waals surface area contributed by atoms with Crippen molar-refractivity contribution in [3.05, 3.63) is 119 Å². The van der Waals surface area contributed by atoms with E-state index in [1.54, 1.807) is 35.2 Å². The first-order valence-electron chi connectivity index (χ1n) is 14.3. The third-order valence-electron chi connectivity index (χ3n) is 7.84. The predicted molar refractivity (Wildman–Crippen MR) is 171 cm³/mol. The number of thioether (sulfide) groups is 1. The largest absolute Gasteiger partial charge is 0.454 e. The lowest BCUT2D eigenvalue weighted by atomic mass is 9.97. The summed E-state index contributed by atoms with van der Waals surface area (Å²) in [5, 5.41) is 0.663. The van der Waals surface area contributed by atoms with Crippen LogP contribution in [0.15, 0.2) is 100 Å². The number of furan rings is 1. The number of aryl methyl sites for hydroxylation is 1. The first-order valence-corrected chi connectivity index (χ1v) is 15.1. The van der Waals surface area contributed by atoms with Crippen molar-refractivity contribution in [1.29, 1.82) is 0 Å². The fourth-order valence-electron chi connectivity index (χ4n) is 5.83. The molecule has 0 N–H and O–H groups in total. The molecule has 3 heterocycles. The van der Waals surface area contributed by atoms with Crippen LogP contribution in [0.25, 0.3) is 17.0 Å². The Kier molecular flexibility index (Phi) is 6.97. The molecule has 0 saturated carbocycles. The molecule has 1 atom stereocenters. The molecule has 0 saturated heterocycles. The fourth-order valence-corrected chi connectivity index (χ4v) is 7.30. The number of esters is 1. The van der Waals surface area contributed by atoms with Crippen molar-refractivity contribution >= 4 is 52.2 Å². The van der Waals surface area contributed by atoms with E-state index in [-0.39, 0.29) is 30.0 Å². The summed E-state index contributed by atoms with van der Waals surface area (Å²) in [6.45, 7) is 4.81. The van der Waals surface area contributed by atoms with E-state index in [1.807, 2.05) is 73.7 Å². The van der Waals surface area contributed by atoms with Crippen LogP contribution in [-0.2, 0) is 14.5 Å². The van der Waals surface area contributed by atoms with Gasteiger partial charge in [0.2, 0.25) is 18.5 Å². The van der Waals surface area contributed by atoms with Gasteiger partial charge in [0.05, 0.1) is 5.69 Å². The van der Waals surface area contributed by atoms with Crippen LogP contribution in [-0.4, -0.2) is 24.5 Å². The number of hydrogen-bond donors (Lipinski definition) is 0. The number of carbonyl (C=O) groups excluding carboxylic acids is 3. The van der Waals surface area contributed by atoms with Crippen molar-refractivity contribution in [1.82, 2.24) is 0 Å². The molecule has 7 rings (SSSR count). The van der Waals surface area contributed by atoms with Crippen molar-refractivity contribution in [3.63, 3.8) is 0 Å². The quantitative estimate of drug-likeness (QED) is 0.109. The van der Waals surface area contributed by atoms with Gasteiger partial charge in [-0.05, 0) is 48.9 Å². The molecule has 2 aliphatic rings. The molecule has 9 heteroatoms. The Morgan fingerprint density at radius 3 is 2.44 bits per heavy atom. The summed E-state index contributed by atoms with van der Waals surface area (Å²) >= 11 is 1.46. The molecule has 0 radical (unpaired) electrons. The van der Waals surface area contributed by atoms with Gasteiger partial charge in [-0.1, -0.05) is 66.4 Å². The van der Waals surface area contributed by atoms with Gasteiger partial charge in [0.25, 0.3) is 0 Å². The normalized spacial score (nSPS) is 16.7. The van der Waals surface area contributed by atoms with E-state index < -0.39 is 10.8 Å². The molecule has 0 spiro atoms. The second-order valence-electron chi connectivity index (χ2n) is 10.8. The fraction of sp³-hybridized carbons (Fsp3) is 0.139. The van der Waals surface area contributed by atoms with Gasteiger partial charge in [0.1, 0.15) is 16.2 Å². The maximum absolute atomic E-state index is 13.5. The van der Waals surface area contributed by atoms with Crippen molar-refractivity contribution < 1.29 is 33.0 Å². The molecular weight excluding hydrogens is 590 g/mol. The average Bonchev–Trinajstić information content (AvgIpc) is 3.73. The molecule has 45 heavy (non-hydrogen) atoms. The van der Waals surface area contributed by atoms with E-state index in [0.29, 0.717) is 39.2 Å². The van der Waals surface area contributed by atoms with Crippen LogP contribution in [0.3, 0.4) is 0 Å². The van der Waals surface area contributed by atoms with Crippen molar-refractivity contribution in [2.75, 3.05) is 11.7 Å². The highest BCUT2D eigenvalue weighted by molar-refractivity contribution is 8.01. The third-order valence-corrected chi connectivity index (χ3v) is 9.25. The number of rotatable bonds is 6. The Balaban J connectivity index is 1.46. The SMILES string of the molecule is CC(=O)Oc1cc2oc(C(=O)c3ccccc3)c(C)c2cc1C1(/C=C/c2ccc3c(c2)OCO3)Sc2ccccc2N1C(C)=O. The number of nitrogens with zero attached hydrogens (tertiary/aromatic N) is 1. The Morgan fingerprint density at radius 1 is 0.911 bits per heavy atom. The summed E-state index contributed by atoms with van der Waals surface area (Å²) in [7, 11) is 0. The first-order chi connectivity index (χ1) is 21.7. The minimum absolute atomic E-state index is 0.153. The summed E-state index contributed by atoms with van der Waals surface area (Å²) in [6, 6.07) is 25.6.